The summed E-state index contributed by atoms with van der Waals surface area (Å²) in [5, 5.41) is 8.15. The zero-order chi connectivity index (χ0) is 16.9. The minimum Gasteiger partial charge on any atom is -0.465 e. The van der Waals surface area contributed by atoms with E-state index < -0.39 is 0 Å². The second-order valence-electron chi connectivity index (χ2n) is 5.83. The number of rotatable bonds is 4. The SMILES string of the molecule is CN(C)c1cc(N2CCN(C(=O)C=Cc3ccco3)CC2)cnn1. The number of hydrogen-bond acceptors (Lipinski definition) is 6. The van der Waals surface area contributed by atoms with Crippen molar-refractivity contribution in [2.75, 3.05) is 50.1 Å². The minimum absolute atomic E-state index is 0.00730. The smallest absolute Gasteiger partial charge is 0.246 e. The van der Waals surface area contributed by atoms with Crippen LogP contribution in [0, 0.1) is 0 Å². The van der Waals surface area contributed by atoms with E-state index in [0.29, 0.717) is 18.8 Å². The molecule has 3 heterocycles. The fourth-order valence-corrected chi connectivity index (χ4v) is 2.57. The maximum Gasteiger partial charge on any atom is 0.246 e. The molecule has 0 aliphatic carbocycles. The largest absolute Gasteiger partial charge is 0.465 e. The average molecular weight is 327 g/mol. The van der Waals surface area contributed by atoms with Crippen molar-refractivity contribution in [1.29, 1.82) is 0 Å². The molecule has 1 aliphatic heterocycles. The van der Waals surface area contributed by atoms with Gasteiger partial charge in [-0.25, -0.2) is 0 Å². The lowest BCUT2D eigenvalue weighted by Crippen LogP contribution is -2.48. The third-order valence-corrected chi connectivity index (χ3v) is 3.98. The molecular formula is C17H21N5O2. The quantitative estimate of drug-likeness (QED) is 0.793. The van der Waals surface area contributed by atoms with Crippen molar-refractivity contribution >= 4 is 23.5 Å². The van der Waals surface area contributed by atoms with Gasteiger partial charge in [-0.05, 0) is 18.2 Å². The molecule has 7 heteroatoms. The Labute approximate surface area is 141 Å². The zero-order valence-corrected chi connectivity index (χ0v) is 13.9. The Morgan fingerprint density at radius 1 is 1.29 bits per heavy atom. The molecule has 0 unspecified atom stereocenters. The molecule has 0 radical (unpaired) electrons. The van der Waals surface area contributed by atoms with Gasteiger partial charge < -0.3 is 19.1 Å². The van der Waals surface area contributed by atoms with E-state index in [2.05, 4.69) is 15.1 Å². The van der Waals surface area contributed by atoms with E-state index in [4.69, 9.17) is 4.42 Å². The summed E-state index contributed by atoms with van der Waals surface area (Å²) in [6.45, 7) is 2.92. The predicted molar refractivity (Wildman–Crippen MR) is 92.9 cm³/mol. The highest BCUT2D eigenvalue weighted by atomic mass is 16.3. The Hall–Kier alpha value is -2.83. The van der Waals surface area contributed by atoms with E-state index in [9.17, 15) is 4.79 Å². The minimum atomic E-state index is 0.00730. The molecule has 0 bridgehead atoms. The molecule has 24 heavy (non-hydrogen) atoms. The molecule has 7 nitrogen and oxygen atoms in total. The van der Waals surface area contributed by atoms with Crippen LogP contribution < -0.4 is 9.80 Å². The Bertz CT molecular complexity index is 704. The van der Waals surface area contributed by atoms with Crippen LogP contribution in [0.25, 0.3) is 6.08 Å². The van der Waals surface area contributed by atoms with Crippen molar-refractivity contribution in [2.45, 2.75) is 0 Å². The van der Waals surface area contributed by atoms with Gasteiger partial charge in [0.15, 0.2) is 5.82 Å². The first-order chi connectivity index (χ1) is 11.6. The van der Waals surface area contributed by atoms with E-state index in [1.165, 1.54) is 0 Å². The van der Waals surface area contributed by atoms with Crippen LogP contribution in [0.5, 0.6) is 0 Å². The third kappa shape index (κ3) is 3.73. The maximum absolute atomic E-state index is 12.2. The first kappa shape index (κ1) is 16.0. The van der Waals surface area contributed by atoms with Crippen molar-refractivity contribution in [2.24, 2.45) is 0 Å². The molecule has 1 saturated heterocycles. The molecule has 126 valence electrons. The number of carbonyl (C=O) groups excluding carboxylic acids is 1. The molecule has 0 saturated carbocycles. The third-order valence-electron chi connectivity index (χ3n) is 3.98. The second-order valence-corrected chi connectivity index (χ2v) is 5.83. The van der Waals surface area contributed by atoms with Crippen LogP contribution in [-0.4, -0.2) is 61.3 Å². The summed E-state index contributed by atoms with van der Waals surface area (Å²) in [7, 11) is 3.88. The van der Waals surface area contributed by atoms with Crippen LogP contribution in [0.1, 0.15) is 5.76 Å². The molecular weight excluding hydrogens is 306 g/mol. The molecule has 3 rings (SSSR count). The number of nitrogens with zero attached hydrogens (tertiary/aromatic N) is 5. The first-order valence-corrected chi connectivity index (χ1v) is 7.89. The lowest BCUT2D eigenvalue weighted by atomic mass is 10.2. The Morgan fingerprint density at radius 3 is 2.75 bits per heavy atom. The molecule has 0 spiro atoms. The Kier molecular flexibility index (Phi) is 4.79. The summed E-state index contributed by atoms with van der Waals surface area (Å²) in [6.07, 6.45) is 6.62. The lowest BCUT2D eigenvalue weighted by molar-refractivity contribution is -0.126. The van der Waals surface area contributed by atoms with Gasteiger partial charge in [-0.1, -0.05) is 0 Å². The standard InChI is InChI=1S/C17H21N5O2/c1-20(2)16-12-14(13-18-19-16)21-7-9-22(10-8-21)17(23)6-5-15-4-3-11-24-15/h3-6,11-13H,7-10H2,1-2H3. The number of piperazine rings is 1. The van der Waals surface area contributed by atoms with E-state index >= 15 is 0 Å². The van der Waals surface area contributed by atoms with Gasteiger partial charge in [-0.2, -0.15) is 5.10 Å². The molecule has 0 aromatic carbocycles. The van der Waals surface area contributed by atoms with Crippen molar-refractivity contribution < 1.29 is 9.21 Å². The molecule has 0 N–H and O–H groups in total. The first-order valence-electron chi connectivity index (χ1n) is 7.89. The van der Waals surface area contributed by atoms with Gasteiger partial charge in [0.05, 0.1) is 18.1 Å². The van der Waals surface area contributed by atoms with E-state index in [1.54, 1.807) is 30.7 Å². The number of aromatic nitrogens is 2. The fraction of sp³-hybridized carbons (Fsp3) is 0.353. The summed E-state index contributed by atoms with van der Waals surface area (Å²) in [5.41, 5.74) is 1.03. The number of furan rings is 1. The fourth-order valence-electron chi connectivity index (χ4n) is 2.57. The molecule has 2 aromatic rings. The predicted octanol–water partition coefficient (Wildman–Crippen LogP) is 1.50. The van der Waals surface area contributed by atoms with Gasteiger partial charge in [0, 0.05) is 52.4 Å². The molecule has 1 amide bonds. The van der Waals surface area contributed by atoms with Crippen molar-refractivity contribution in [3.05, 3.63) is 42.5 Å². The van der Waals surface area contributed by atoms with Gasteiger partial charge in [0.25, 0.3) is 0 Å². The van der Waals surface area contributed by atoms with E-state index in [0.717, 1.165) is 24.6 Å². The number of amides is 1. The van der Waals surface area contributed by atoms with Crippen molar-refractivity contribution in [3.8, 4) is 0 Å². The van der Waals surface area contributed by atoms with E-state index in [1.807, 2.05) is 36.0 Å². The monoisotopic (exact) mass is 327 g/mol. The summed E-state index contributed by atoms with van der Waals surface area (Å²) in [6, 6.07) is 5.63. The van der Waals surface area contributed by atoms with Gasteiger partial charge in [-0.15, -0.1) is 5.10 Å². The second kappa shape index (κ2) is 7.16. The summed E-state index contributed by atoms with van der Waals surface area (Å²) < 4.78 is 5.19. The number of anilines is 2. The van der Waals surface area contributed by atoms with Crippen LogP contribution in [0.2, 0.25) is 0 Å². The highest BCUT2D eigenvalue weighted by Crippen LogP contribution is 2.19. The van der Waals surface area contributed by atoms with Gasteiger partial charge in [-0.3, -0.25) is 4.79 Å². The highest BCUT2D eigenvalue weighted by Gasteiger charge is 2.20. The van der Waals surface area contributed by atoms with Gasteiger partial charge >= 0.3 is 0 Å². The summed E-state index contributed by atoms with van der Waals surface area (Å²) >= 11 is 0. The van der Waals surface area contributed by atoms with Crippen molar-refractivity contribution in [1.82, 2.24) is 15.1 Å². The summed E-state index contributed by atoms with van der Waals surface area (Å²) in [4.78, 5) is 18.2. The highest BCUT2D eigenvalue weighted by molar-refractivity contribution is 5.91. The van der Waals surface area contributed by atoms with Crippen molar-refractivity contribution in [3.63, 3.8) is 0 Å². The van der Waals surface area contributed by atoms with Crippen LogP contribution >= 0.6 is 0 Å². The molecule has 0 atom stereocenters. The Morgan fingerprint density at radius 2 is 2.08 bits per heavy atom. The lowest BCUT2D eigenvalue weighted by Gasteiger charge is -2.35. The van der Waals surface area contributed by atoms with Crippen LogP contribution in [0.4, 0.5) is 11.5 Å². The van der Waals surface area contributed by atoms with Crippen LogP contribution in [0.3, 0.4) is 0 Å². The molecule has 1 fully saturated rings. The van der Waals surface area contributed by atoms with Crippen LogP contribution in [-0.2, 0) is 4.79 Å². The number of hydrogen-bond donors (Lipinski definition) is 0. The Balaban J connectivity index is 1.57. The van der Waals surface area contributed by atoms with Gasteiger partial charge in [0.2, 0.25) is 5.91 Å². The van der Waals surface area contributed by atoms with Crippen LogP contribution in [0.15, 0.2) is 41.2 Å². The summed E-state index contributed by atoms with van der Waals surface area (Å²) in [5.74, 6) is 1.52. The topological polar surface area (TPSA) is 65.7 Å². The maximum atomic E-state index is 12.2. The normalized spacial score (nSPS) is 15.1. The zero-order valence-electron chi connectivity index (χ0n) is 13.9. The molecule has 2 aromatic heterocycles. The van der Waals surface area contributed by atoms with E-state index in [-0.39, 0.29) is 5.91 Å². The number of carbonyl (C=O) groups is 1. The average Bonchev–Trinajstić information content (AvgIpc) is 3.13. The molecule has 1 aliphatic rings. The van der Waals surface area contributed by atoms with Gasteiger partial charge in [0.1, 0.15) is 5.76 Å².